The van der Waals surface area contributed by atoms with Crippen molar-refractivity contribution < 1.29 is 4.74 Å². The Morgan fingerprint density at radius 2 is 1.77 bits per heavy atom. The zero-order valence-corrected chi connectivity index (χ0v) is 17.4. The molecule has 0 unspecified atom stereocenters. The highest BCUT2D eigenvalue weighted by molar-refractivity contribution is 5.60. The van der Waals surface area contributed by atoms with Crippen LogP contribution in [0.25, 0.3) is 22.6 Å². The number of ether oxygens (including phenoxy) is 1. The number of benzene rings is 1. The smallest absolute Gasteiger partial charge is 0.159 e. The van der Waals surface area contributed by atoms with Crippen molar-refractivity contribution in [2.45, 2.75) is 19.5 Å². The Morgan fingerprint density at radius 1 is 0.935 bits per heavy atom. The predicted molar refractivity (Wildman–Crippen MR) is 119 cm³/mol. The van der Waals surface area contributed by atoms with Crippen LogP contribution >= 0.6 is 0 Å². The van der Waals surface area contributed by atoms with Crippen LogP contribution in [0.15, 0.2) is 73.2 Å². The Hall–Kier alpha value is -3.64. The van der Waals surface area contributed by atoms with Crippen molar-refractivity contribution in [3.8, 4) is 28.4 Å². The van der Waals surface area contributed by atoms with Crippen LogP contribution in [0.3, 0.4) is 0 Å². The molecule has 0 fully saturated rings. The summed E-state index contributed by atoms with van der Waals surface area (Å²) < 4.78 is 5.25. The van der Waals surface area contributed by atoms with Crippen LogP contribution in [0.4, 0.5) is 0 Å². The van der Waals surface area contributed by atoms with E-state index >= 15 is 0 Å². The van der Waals surface area contributed by atoms with E-state index in [1.165, 1.54) is 5.56 Å². The standard InChI is InChI=1S/C25H23N5O/c1-31-22-7-5-18(6-8-22)23-4-2-3-21(28-23)17-30-14-11-24-20(16-30)15-27-25(29-24)19-9-12-26-13-10-19/h2-10,12-13,15H,11,14,16-17H2,1H3. The summed E-state index contributed by atoms with van der Waals surface area (Å²) in [6, 6.07) is 18.1. The molecular weight excluding hydrogens is 386 g/mol. The molecule has 4 heterocycles. The van der Waals surface area contributed by atoms with Crippen molar-refractivity contribution in [2.24, 2.45) is 0 Å². The molecule has 1 aliphatic rings. The van der Waals surface area contributed by atoms with Gasteiger partial charge in [-0.3, -0.25) is 14.9 Å². The molecule has 3 aromatic heterocycles. The van der Waals surface area contributed by atoms with Gasteiger partial charge in [-0.2, -0.15) is 0 Å². The Balaban J connectivity index is 1.30. The normalized spacial score (nSPS) is 13.6. The number of nitrogens with zero attached hydrogens (tertiary/aromatic N) is 5. The number of hydrogen-bond acceptors (Lipinski definition) is 6. The SMILES string of the molecule is COc1ccc(-c2cccc(CN3CCc4nc(-c5ccncc5)ncc4C3)n2)cc1. The third kappa shape index (κ3) is 4.29. The average molecular weight is 409 g/mol. The van der Waals surface area contributed by atoms with Crippen LogP contribution < -0.4 is 4.74 Å². The van der Waals surface area contributed by atoms with Gasteiger partial charge in [0.15, 0.2) is 5.82 Å². The Labute approximate surface area is 181 Å². The van der Waals surface area contributed by atoms with Gasteiger partial charge in [-0.15, -0.1) is 0 Å². The lowest BCUT2D eigenvalue weighted by Gasteiger charge is -2.27. The van der Waals surface area contributed by atoms with Crippen molar-refractivity contribution >= 4 is 0 Å². The molecule has 0 amide bonds. The minimum Gasteiger partial charge on any atom is -0.497 e. The van der Waals surface area contributed by atoms with Crippen LogP contribution in [0.1, 0.15) is 17.0 Å². The van der Waals surface area contributed by atoms with E-state index in [9.17, 15) is 0 Å². The summed E-state index contributed by atoms with van der Waals surface area (Å²) in [5, 5.41) is 0. The van der Waals surface area contributed by atoms with E-state index in [1.807, 2.05) is 48.7 Å². The summed E-state index contributed by atoms with van der Waals surface area (Å²) in [4.78, 5) is 20.7. The first-order chi connectivity index (χ1) is 15.3. The van der Waals surface area contributed by atoms with Crippen molar-refractivity contribution in [1.82, 2.24) is 24.8 Å². The van der Waals surface area contributed by atoms with Gasteiger partial charge >= 0.3 is 0 Å². The number of rotatable bonds is 5. The topological polar surface area (TPSA) is 64.0 Å². The zero-order valence-electron chi connectivity index (χ0n) is 17.4. The highest BCUT2D eigenvalue weighted by atomic mass is 16.5. The lowest BCUT2D eigenvalue weighted by atomic mass is 10.1. The largest absolute Gasteiger partial charge is 0.497 e. The molecule has 6 nitrogen and oxygen atoms in total. The number of fused-ring (bicyclic) bond motifs is 1. The number of methoxy groups -OCH3 is 1. The second-order valence-corrected chi connectivity index (χ2v) is 7.60. The molecule has 0 saturated carbocycles. The van der Waals surface area contributed by atoms with Crippen molar-refractivity contribution in [2.75, 3.05) is 13.7 Å². The van der Waals surface area contributed by atoms with Gasteiger partial charge in [0, 0.05) is 61.3 Å². The molecule has 0 N–H and O–H groups in total. The van der Waals surface area contributed by atoms with Gasteiger partial charge < -0.3 is 4.74 Å². The van der Waals surface area contributed by atoms with E-state index in [4.69, 9.17) is 14.7 Å². The van der Waals surface area contributed by atoms with Gasteiger partial charge in [0.25, 0.3) is 0 Å². The van der Waals surface area contributed by atoms with Gasteiger partial charge in [-0.05, 0) is 48.5 Å². The quantitative estimate of drug-likeness (QED) is 0.493. The molecule has 31 heavy (non-hydrogen) atoms. The third-order valence-corrected chi connectivity index (χ3v) is 5.53. The molecule has 6 heteroatoms. The molecule has 154 valence electrons. The van der Waals surface area contributed by atoms with Crippen LogP contribution in [-0.2, 0) is 19.5 Å². The summed E-state index contributed by atoms with van der Waals surface area (Å²) in [7, 11) is 1.68. The summed E-state index contributed by atoms with van der Waals surface area (Å²) in [5.74, 6) is 1.62. The minimum atomic E-state index is 0.767. The average Bonchev–Trinajstić information content (AvgIpc) is 2.84. The lowest BCUT2D eigenvalue weighted by Crippen LogP contribution is -2.31. The molecule has 5 rings (SSSR count). The summed E-state index contributed by atoms with van der Waals surface area (Å²) in [6.45, 7) is 2.59. The minimum absolute atomic E-state index is 0.767. The fraction of sp³-hybridized carbons (Fsp3) is 0.200. The molecule has 0 bridgehead atoms. The molecular formula is C25H23N5O. The molecule has 0 radical (unpaired) electrons. The van der Waals surface area contributed by atoms with Gasteiger partial charge in [0.05, 0.1) is 24.2 Å². The third-order valence-electron chi connectivity index (χ3n) is 5.53. The van der Waals surface area contributed by atoms with E-state index in [-0.39, 0.29) is 0 Å². The molecule has 0 saturated heterocycles. The second-order valence-electron chi connectivity index (χ2n) is 7.60. The van der Waals surface area contributed by atoms with Crippen LogP contribution in [0, 0.1) is 0 Å². The fourth-order valence-corrected chi connectivity index (χ4v) is 3.87. The van der Waals surface area contributed by atoms with E-state index in [0.29, 0.717) is 0 Å². The van der Waals surface area contributed by atoms with Gasteiger partial charge in [-0.1, -0.05) is 6.07 Å². The number of aromatic nitrogens is 4. The number of pyridine rings is 2. The van der Waals surface area contributed by atoms with E-state index < -0.39 is 0 Å². The maximum absolute atomic E-state index is 5.25. The second kappa shape index (κ2) is 8.62. The van der Waals surface area contributed by atoms with E-state index in [2.05, 4.69) is 27.0 Å². The van der Waals surface area contributed by atoms with Crippen molar-refractivity contribution in [3.63, 3.8) is 0 Å². The predicted octanol–water partition coefficient (Wildman–Crippen LogP) is 4.17. The number of hydrogen-bond donors (Lipinski definition) is 0. The molecule has 0 aliphatic carbocycles. The van der Waals surface area contributed by atoms with Gasteiger partial charge in [0.1, 0.15) is 5.75 Å². The Bertz CT molecular complexity index is 1180. The van der Waals surface area contributed by atoms with Crippen LogP contribution in [0.2, 0.25) is 0 Å². The Morgan fingerprint density at radius 3 is 2.58 bits per heavy atom. The monoisotopic (exact) mass is 409 g/mol. The molecule has 0 spiro atoms. The zero-order chi connectivity index (χ0) is 21.0. The molecule has 1 aromatic carbocycles. The van der Waals surface area contributed by atoms with Crippen LogP contribution in [0.5, 0.6) is 5.75 Å². The van der Waals surface area contributed by atoms with Crippen LogP contribution in [-0.4, -0.2) is 38.5 Å². The first-order valence-electron chi connectivity index (χ1n) is 10.4. The maximum atomic E-state index is 5.25. The van der Waals surface area contributed by atoms with Gasteiger partial charge in [0.2, 0.25) is 0 Å². The first kappa shape index (κ1) is 19.3. The van der Waals surface area contributed by atoms with E-state index in [0.717, 1.165) is 65.8 Å². The maximum Gasteiger partial charge on any atom is 0.159 e. The highest BCUT2D eigenvalue weighted by Crippen LogP contribution is 2.24. The summed E-state index contributed by atoms with van der Waals surface area (Å²) in [6.07, 6.45) is 6.42. The Kier molecular flexibility index (Phi) is 5.37. The summed E-state index contributed by atoms with van der Waals surface area (Å²) >= 11 is 0. The molecule has 4 aromatic rings. The molecule has 1 aliphatic heterocycles. The van der Waals surface area contributed by atoms with Crippen molar-refractivity contribution in [3.05, 3.63) is 90.1 Å². The van der Waals surface area contributed by atoms with Gasteiger partial charge in [-0.25, -0.2) is 9.97 Å². The van der Waals surface area contributed by atoms with Crippen molar-refractivity contribution in [1.29, 1.82) is 0 Å². The summed E-state index contributed by atoms with van der Waals surface area (Å²) in [5.41, 5.74) is 6.45. The lowest BCUT2D eigenvalue weighted by molar-refractivity contribution is 0.240. The fourth-order valence-electron chi connectivity index (χ4n) is 3.87. The van der Waals surface area contributed by atoms with E-state index in [1.54, 1.807) is 19.5 Å². The first-order valence-corrected chi connectivity index (χ1v) is 10.4. The molecule has 0 atom stereocenters. The highest BCUT2D eigenvalue weighted by Gasteiger charge is 2.19.